The molecule has 1 saturated heterocycles. The molecule has 1 heterocycles. The lowest BCUT2D eigenvalue weighted by atomic mass is 10.2. The first-order valence-electron chi connectivity index (χ1n) is 5.53. The van der Waals surface area contributed by atoms with Gasteiger partial charge in [0, 0.05) is 32.3 Å². The van der Waals surface area contributed by atoms with Gasteiger partial charge in [-0.2, -0.15) is 8.42 Å². The fraction of sp³-hybridized carbons (Fsp3) is 1.00. The Morgan fingerprint density at radius 2 is 2.06 bits per heavy atom. The maximum Gasteiger partial charge on any atom is 0.267 e. The number of nitrogens with one attached hydrogen (secondary N) is 2. The van der Waals surface area contributed by atoms with Crippen LogP contribution >= 0.6 is 0 Å². The van der Waals surface area contributed by atoms with E-state index in [9.17, 15) is 8.42 Å². The summed E-state index contributed by atoms with van der Waals surface area (Å²) in [4.78, 5) is 0. The van der Waals surface area contributed by atoms with Gasteiger partial charge in [-0.15, -0.1) is 0 Å². The Morgan fingerprint density at radius 3 is 2.35 bits per heavy atom. The molecule has 0 bridgehead atoms. The van der Waals surface area contributed by atoms with Crippen molar-refractivity contribution in [3.05, 3.63) is 0 Å². The maximum atomic E-state index is 9.84. The van der Waals surface area contributed by atoms with Crippen LogP contribution < -0.4 is 10.6 Å². The Bertz CT molecular complexity index is 272. The average molecular weight is 270 g/mol. The third-order valence-electron chi connectivity index (χ3n) is 2.05. The number of hydrogen-bond donors (Lipinski definition) is 5. The zero-order chi connectivity index (χ0) is 13.3. The highest BCUT2D eigenvalue weighted by Crippen LogP contribution is 1.91. The monoisotopic (exact) mass is 270 g/mol. The van der Waals surface area contributed by atoms with Crippen molar-refractivity contribution in [2.24, 2.45) is 0 Å². The molecule has 0 radical (unpaired) electrons. The van der Waals surface area contributed by atoms with Crippen molar-refractivity contribution in [1.82, 2.24) is 10.6 Å². The van der Waals surface area contributed by atoms with Gasteiger partial charge in [-0.3, -0.25) is 4.55 Å². The Kier molecular flexibility index (Phi) is 8.66. The minimum Gasteiger partial charge on any atom is -0.396 e. The quantitative estimate of drug-likeness (QED) is 0.382. The lowest BCUT2D eigenvalue weighted by molar-refractivity contribution is 0.215. The van der Waals surface area contributed by atoms with Crippen LogP contribution in [0.2, 0.25) is 0 Å². The molecule has 104 valence electrons. The summed E-state index contributed by atoms with van der Waals surface area (Å²) in [6.45, 7) is 4.67. The van der Waals surface area contributed by atoms with Crippen molar-refractivity contribution in [1.29, 1.82) is 0 Å². The summed E-state index contributed by atoms with van der Waals surface area (Å²) in [5.41, 5.74) is 0. The first-order valence-corrected chi connectivity index (χ1v) is 7.14. The van der Waals surface area contributed by atoms with Gasteiger partial charge in [0.05, 0.1) is 6.10 Å². The molecule has 17 heavy (non-hydrogen) atoms. The van der Waals surface area contributed by atoms with Crippen LogP contribution in [0.3, 0.4) is 0 Å². The lowest BCUT2D eigenvalue weighted by Gasteiger charge is -2.23. The molecule has 0 saturated carbocycles. The molecule has 8 heteroatoms. The van der Waals surface area contributed by atoms with Gasteiger partial charge in [0.15, 0.2) is 0 Å². The van der Waals surface area contributed by atoms with Crippen LogP contribution in [-0.2, 0) is 10.1 Å². The number of piperazine rings is 1. The fourth-order valence-corrected chi connectivity index (χ4v) is 1.99. The molecule has 1 rings (SSSR count). The van der Waals surface area contributed by atoms with E-state index in [1.807, 2.05) is 0 Å². The third kappa shape index (κ3) is 12.0. The van der Waals surface area contributed by atoms with E-state index in [2.05, 4.69) is 10.6 Å². The second-order valence-electron chi connectivity index (χ2n) is 3.97. The summed E-state index contributed by atoms with van der Waals surface area (Å²) < 4.78 is 27.7. The minimum absolute atomic E-state index is 0.291. The van der Waals surface area contributed by atoms with E-state index in [1.54, 1.807) is 0 Å². The molecule has 5 N–H and O–H groups in total. The van der Waals surface area contributed by atoms with Gasteiger partial charge in [0.25, 0.3) is 10.1 Å². The molecule has 1 aliphatic heterocycles. The summed E-state index contributed by atoms with van der Waals surface area (Å²) >= 11 is 0. The molecule has 0 aromatic carbocycles. The highest BCUT2D eigenvalue weighted by Gasteiger charge is 2.09. The lowest BCUT2D eigenvalue weighted by Crippen LogP contribution is -2.48. The topological polar surface area (TPSA) is 119 Å². The minimum atomic E-state index is -3.97. The summed E-state index contributed by atoms with van der Waals surface area (Å²) in [7, 11) is -3.97. The first kappa shape index (κ1) is 16.8. The predicted octanol–water partition coefficient (Wildman–Crippen LogP) is -1.81. The number of aliphatic hydroxyl groups is 2. The second-order valence-corrected chi connectivity index (χ2v) is 5.46. The van der Waals surface area contributed by atoms with Crippen LogP contribution in [0.25, 0.3) is 0 Å². The van der Waals surface area contributed by atoms with Crippen LogP contribution in [-0.4, -0.2) is 67.3 Å². The van der Waals surface area contributed by atoms with E-state index in [4.69, 9.17) is 14.8 Å². The van der Waals surface area contributed by atoms with Crippen LogP contribution in [0, 0.1) is 0 Å². The highest BCUT2D eigenvalue weighted by molar-refractivity contribution is 7.85. The standard InChI is InChI=1S/C6H14N2O.C3H8O4S/c9-4-1-6-5-7-2-3-8-6;1-3(4)2-8(5,6)7/h6-9H,1-5H2;3-4H,2H2,1H3,(H,5,6,7). The number of aliphatic hydroxyl groups excluding tert-OH is 2. The van der Waals surface area contributed by atoms with Crippen LogP contribution in [0.4, 0.5) is 0 Å². The summed E-state index contributed by atoms with van der Waals surface area (Å²) in [6, 6.07) is 0.490. The fourth-order valence-electron chi connectivity index (χ4n) is 1.38. The van der Waals surface area contributed by atoms with Crippen LogP contribution in [0.5, 0.6) is 0 Å². The van der Waals surface area contributed by atoms with Gasteiger partial charge < -0.3 is 20.8 Å². The van der Waals surface area contributed by atoms with E-state index >= 15 is 0 Å². The van der Waals surface area contributed by atoms with Crippen molar-refractivity contribution < 1.29 is 23.2 Å². The normalized spacial score (nSPS) is 22.5. The Labute approximate surface area is 102 Å². The summed E-state index contributed by atoms with van der Waals surface area (Å²) in [5, 5.41) is 23.4. The van der Waals surface area contributed by atoms with E-state index < -0.39 is 22.0 Å². The number of hydrogen-bond acceptors (Lipinski definition) is 6. The molecule has 0 spiro atoms. The average Bonchev–Trinajstić information content (AvgIpc) is 2.16. The Balaban J connectivity index is 0.000000304. The number of rotatable bonds is 4. The Morgan fingerprint density at radius 1 is 1.41 bits per heavy atom. The highest BCUT2D eigenvalue weighted by atomic mass is 32.2. The van der Waals surface area contributed by atoms with Gasteiger partial charge >= 0.3 is 0 Å². The molecule has 0 aromatic heterocycles. The van der Waals surface area contributed by atoms with E-state index in [-0.39, 0.29) is 0 Å². The molecule has 2 unspecified atom stereocenters. The van der Waals surface area contributed by atoms with Crippen molar-refractivity contribution in [3.63, 3.8) is 0 Å². The molecule has 0 amide bonds. The van der Waals surface area contributed by atoms with Gasteiger partial charge in [-0.1, -0.05) is 0 Å². The van der Waals surface area contributed by atoms with Crippen LogP contribution in [0.15, 0.2) is 0 Å². The van der Waals surface area contributed by atoms with Gasteiger partial charge in [0.2, 0.25) is 0 Å². The molecular weight excluding hydrogens is 248 g/mol. The van der Waals surface area contributed by atoms with Crippen molar-refractivity contribution in [3.8, 4) is 0 Å². The molecule has 7 nitrogen and oxygen atoms in total. The zero-order valence-corrected chi connectivity index (χ0v) is 10.8. The molecule has 2 atom stereocenters. The van der Waals surface area contributed by atoms with Crippen molar-refractivity contribution in [2.45, 2.75) is 25.5 Å². The van der Waals surface area contributed by atoms with Crippen molar-refractivity contribution >= 4 is 10.1 Å². The van der Waals surface area contributed by atoms with E-state index in [0.717, 1.165) is 26.1 Å². The largest absolute Gasteiger partial charge is 0.396 e. The summed E-state index contributed by atoms with van der Waals surface area (Å²) in [5.74, 6) is -0.590. The van der Waals surface area contributed by atoms with Crippen LogP contribution in [0.1, 0.15) is 13.3 Å². The van der Waals surface area contributed by atoms with E-state index in [1.165, 1.54) is 6.92 Å². The summed E-state index contributed by atoms with van der Waals surface area (Å²) in [6.07, 6.45) is -0.127. The van der Waals surface area contributed by atoms with Gasteiger partial charge in [0.1, 0.15) is 5.75 Å². The van der Waals surface area contributed by atoms with Gasteiger partial charge in [-0.05, 0) is 13.3 Å². The molecule has 0 aliphatic carbocycles. The van der Waals surface area contributed by atoms with E-state index in [0.29, 0.717) is 12.6 Å². The SMILES string of the molecule is CC(O)CS(=O)(=O)O.OCCC1CNCCN1. The van der Waals surface area contributed by atoms with Crippen molar-refractivity contribution in [2.75, 3.05) is 32.0 Å². The van der Waals surface area contributed by atoms with Gasteiger partial charge in [-0.25, -0.2) is 0 Å². The second kappa shape index (κ2) is 8.78. The predicted molar refractivity (Wildman–Crippen MR) is 64.5 cm³/mol. The first-order chi connectivity index (χ1) is 7.85. The molecule has 0 aromatic rings. The maximum absolute atomic E-state index is 9.84. The zero-order valence-electron chi connectivity index (χ0n) is 9.96. The molecule has 1 aliphatic rings. The molecule has 1 fully saturated rings. The Hall–Kier alpha value is -0.250. The third-order valence-corrected chi connectivity index (χ3v) is 2.96. The smallest absolute Gasteiger partial charge is 0.267 e. The molecular formula is C9H22N2O5S.